The van der Waals surface area contributed by atoms with E-state index in [9.17, 15) is 9.59 Å². The number of oxazole rings is 1. The predicted octanol–water partition coefficient (Wildman–Crippen LogP) is 5.27. The molecule has 1 aromatic heterocycles. The summed E-state index contributed by atoms with van der Waals surface area (Å²) in [5.74, 6) is 1.91. The Morgan fingerprint density at radius 1 is 1.09 bits per heavy atom. The van der Waals surface area contributed by atoms with E-state index in [1.54, 1.807) is 0 Å². The number of rotatable bonds is 6. The largest absolute Gasteiger partial charge is 0.441 e. The molecule has 1 heterocycles. The minimum Gasteiger partial charge on any atom is -0.441 e. The number of hydrogen-bond donors (Lipinski definition) is 1. The molecule has 3 atom stereocenters. The Hall–Kier alpha value is -3.05. The van der Waals surface area contributed by atoms with Crippen molar-refractivity contribution in [1.82, 2.24) is 10.3 Å². The summed E-state index contributed by atoms with van der Waals surface area (Å²) in [5, 5.41) is 3.55. The maximum absolute atomic E-state index is 14.1. The number of ketones is 1. The molecule has 0 radical (unpaired) electrons. The zero-order chi connectivity index (χ0) is 23.4. The maximum Gasteiger partial charge on any atom is 0.226 e. The van der Waals surface area contributed by atoms with Gasteiger partial charge in [-0.25, -0.2) is 4.98 Å². The van der Waals surface area contributed by atoms with Crippen molar-refractivity contribution in [1.29, 1.82) is 0 Å². The van der Waals surface area contributed by atoms with Crippen molar-refractivity contribution in [3.05, 3.63) is 77.2 Å². The Balaban J connectivity index is 1.41. The second kappa shape index (κ2) is 7.49. The van der Waals surface area contributed by atoms with Crippen LogP contribution in [0.15, 0.2) is 59.0 Å². The third kappa shape index (κ3) is 3.13. The van der Waals surface area contributed by atoms with Gasteiger partial charge in [0.2, 0.25) is 5.89 Å². The predicted molar refractivity (Wildman–Crippen MR) is 127 cm³/mol. The quantitative estimate of drug-likeness (QED) is 0.527. The molecule has 2 aliphatic rings. The topological polar surface area (TPSA) is 72.2 Å². The monoisotopic (exact) mass is 442 g/mol. The van der Waals surface area contributed by atoms with Crippen LogP contribution >= 0.6 is 0 Å². The van der Waals surface area contributed by atoms with E-state index >= 15 is 0 Å². The lowest BCUT2D eigenvalue weighted by Gasteiger charge is -2.38. The summed E-state index contributed by atoms with van der Waals surface area (Å²) in [4.78, 5) is 30.0. The molecular weight excluding hydrogens is 412 g/mol. The van der Waals surface area contributed by atoms with Crippen molar-refractivity contribution >= 4 is 12.1 Å². The molecule has 0 saturated heterocycles. The normalized spacial score (nSPS) is 27.8. The molecule has 0 aliphatic heterocycles. The van der Waals surface area contributed by atoms with Crippen molar-refractivity contribution < 1.29 is 14.0 Å². The molecule has 33 heavy (non-hydrogen) atoms. The van der Waals surface area contributed by atoms with E-state index in [2.05, 4.69) is 19.2 Å². The Bertz CT molecular complexity index is 1210. The van der Waals surface area contributed by atoms with Crippen LogP contribution in [0.4, 0.5) is 0 Å². The molecule has 5 heteroatoms. The smallest absolute Gasteiger partial charge is 0.226 e. The first-order chi connectivity index (χ1) is 15.7. The van der Waals surface area contributed by atoms with Crippen LogP contribution in [0.1, 0.15) is 61.0 Å². The number of carbonyl (C=O) groups excluding carboxylic acids is 2. The lowest BCUT2D eigenvalue weighted by Crippen LogP contribution is -2.56. The number of Topliss-reactive ketones (excluding diaryl/α,β-unsaturated/α-hetero) is 1. The average Bonchev–Trinajstić information content (AvgIpc) is 3.11. The Morgan fingerprint density at radius 3 is 2.45 bits per heavy atom. The zero-order valence-corrected chi connectivity index (χ0v) is 19.6. The van der Waals surface area contributed by atoms with E-state index in [-0.39, 0.29) is 11.2 Å². The van der Waals surface area contributed by atoms with Gasteiger partial charge in [-0.05, 0) is 55.7 Å². The van der Waals surface area contributed by atoms with E-state index in [0.29, 0.717) is 23.9 Å². The van der Waals surface area contributed by atoms with E-state index in [4.69, 9.17) is 9.40 Å². The van der Waals surface area contributed by atoms with Crippen molar-refractivity contribution in [3.63, 3.8) is 0 Å². The van der Waals surface area contributed by atoms with Gasteiger partial charge in [0, 0.05) is 17.7 Å². The van der Waals surface area contributed by atoms with Crippen molar-refractivity contribution in [3.8, 4) is 11.5 Å². The minimum absolute atomic E-state index is 0.115. The van der Waals surface area contributed by atoms with Crippen molar-refractivity contribution in [2.75, 3.05) is 0 Å². The number of fused-ring (bicyclic) bond motifs is 1. The molecule has 0 amide bonds. The van der Waals surface area contributed by atoms with Gasteiger partial charge in [0.15, 0.2) is 5.78 Å². The zero-order valence-electron chi connectivity index (χ0n) is 19.6. The van der Waals surface area contributed by atoms with Gasteiger partial charge in [0.05, 0.1) is 16.6 Å². The van der Waals surface area contributed by atoms with Crippen LogP contribution < -0.4 is 5.32 Å². The molecule has 0 spiro atoms. The fraction of sp³-hybridized carbons (Fsp3) is 0.393. The number of nitrogens with one attached hydrogen (secondary N) is 1. The second-order valence-electron chi connectivity index (χ2n) is 10.3. The van der Waals surface area contributed by atoms with E-state index in [1.807, 2.05) is 68.4 Å². The van der Waals surface area contributed by atoms with Crippen LogP contribution in [0.3, 0.4) is 0 Å². The van der Waals surface area contributed by atoms with Gasteiger partial charge >= 0.3 is 0 Å². The molecule has 5 nitrogen and oxygen atoms in total. The average molecular weight is 443 g/mol. The molecule has 2 saturated carbocycles. The maximum atomic E-state index is 14.1. The van der Waals surface area contributed by atoms with Crippen LogP contribution in [0, 0.1) is 18.3 Å². The summed E-state index contributed by atoms with van der Waals surface area (Å²) in [6.45, 7) is 8.80. The third-order valence-electron chi connectivity index (χ3n) is 8.18. The van der Waals surface area contributed by atoms with Gasteiger partial charge < -0.3 is 4.42 Å². The van der Waals surface area contributed by atoms with Gasteiger partial charge in [-0.2, -0.15) is 0 Å². The molecule has 2 aliphatic carbocycles. The van der Waals surface area contributed by atoms with Gasteiger partial charge in [-0.15, -0.1) is 0 Å². The Labute approximate surface area is 194 Å². The minimum atomic E-state index is -0.661. The van der Waals surface area contributed by atoms with Crippen molar-refractivity contribution in [2.24, 2.45) is 11.3 Å². The molecular formula is C28H30N2O3. The van der Waals surface area contributed by atoms with Crippen molar-refractivity contribution in [2.45, 2.75) is 58.0 Å². The van der Waals surface area contributed by atoms with Gasteiger partial charge in [-0.1, -0.05) is 56.3 Å². The van der Waals surface area contributed by atoms with Crippen LogP contribution in [0.5, 0.6) is 0 Å². The summed E-state index contributed by atoms with van der Waals surface area (Å²) >= 11 is 0. The molecule has 2 aromatic carbocycles. The number of aromatic nitrogens is 1. The Morgan fingerprint density at radius 2 is 1.79 bits per heavy atom. The first-order valence-corrected chi connectivity index (χ1v) is 11.6. The first-order valence-electron chi connectivity index (χ1n) is 11.6. The number of benzene rings is 2. The molecule has 2 fully saturated rings. The highest BCUT2D eigenvalue weighted by molar-refractivity contribution is 6.03. The summed E-state index contributed by atoms with van der Waals surface area (Å²) in [5.41, 5.74) is 2.11. The van der Waals surface area contributed by atoms with Crippen LogP contribution in [0.2, 0.25) is 0 Å². The number of aldehydes is 1. The highest BCUT2D eigenvalue weighted by Gasteiger charge is 2.78. The summed E-state index contributed by atoms with van der Waals surface area (Å²) < 4.78 is 5.91. The summed E-state index contributed by atoms with van der Waals surface area (Å²) in [6, 6.07) is 17.4. The SMILES string of the molecule is Cc1oc(-c2ccccc2)nc1CNC1(C)CCC2C(C)(C)C2(c2ccc(C=O)cc2)C1=O. The van der Waals surface area contributed by atoms with E-state index < -0.39 is 11.0 Å². The van der Waals surface area contributed by atoms with Gasteiger partial charge in [0.25, 0.3) is 0 Å². The molecule has 1 N–H and O–H groups in total. The third-order valence-corrected chi connectivity index (χ3v) is 8.18. The van der Waals surface area contributed by atoms with E-state index in [1.165, 1.54) is 0 Å². The summed E-state index contributed by atoms with van der Waals surface area (Å²) in [6.07, 6.45) is 2.61. The van der Waals surface area contributed by atoms with Crippen LogP contribution in [-0.2, 0) is 16.8 Å². The molecule has 0 bridgehead atoms. The van der Waals surface area contributed by atoms with Crippen LogP contribution in [-0.4, -0.2) is 22.6 Å². The van der Waals surface area contributed by atoms with Crippen LogP contribution in [0.25, 0.3) is 11.5 Å². The molecule has 170 valence electrons. The highest BCUT2D eigenvalue weighted by atomic mass is 16.4. The Kier molecular flexibility index (Phi) is 4.94. The standard InChI is InChI=1S/C28H30N2O3/c1-18-22(30-24(33-18)20-8-6-5-7-9-20)16-29-27(4)15-14-23-26(2,3)28(23,25(27)32)21-12-10-19(17-31)11-13-21/h5-13,17,23,29H,14-16H2,1-4H3. The number of carbonyl (C=O) groups is 2. The van der Waals surface area contributed by atoms with Gasteiger partial charge in [0.1, 0.15) is 12.0 Å². The molecule has 3 unspecified atom stereocenters. The highest BCUT2D eigenvalue weighted by Crippen LogP contribution is 2.74. The van der Waals surface area contributed by atoms with E-state index in [0.717, 1.165) is 41.7 Å². The van der Waals surface area contributed by atoms with Gasteiger partial charge in [-0.3, -0.25) is 14.9 Å². The number of hydrogen-bond acceptors (Lipinski definition) is 5. The summed E-state index contributed by atoms with van der Waals surface area (Å²) in [7, 11) is 0. The number of nitrogens with zero attached hydrogens (tertiary/aromatic N) is 1. The fourth-order valence-electron chi connectivity index (χ4n) is 6.15. The second-order valence-corrected chi connectivity index (χ2v) is 10.3. The molecule has 5 rings (SSSR count). The fourth-order valence-corrected chi connectivity index (χ4v) is 6.15. The molecule has 3 aromatic rings. The lowest BCUT2D eigenvalue weighted by molar-refractivity contribution is -0.130. The lowest BCUT2D eigenvalue weighted by atomic mass is 9.70. The number of aryl methyl sites for hydroxylation is 1. The first kappa shape index (κ1) is 21.8.